The predicted octanol–water partition coefficient (Wildman–Crippen LogP) is 3.54. The molecule has 31 heavy (non-hydrogen) atoms. The second-order valence-electron chi connectivity index (χ2n) is 5.78. The van der Waals surface area contributed by atoms with Crippen LogP contribution >= 0.6 is 0 Å². The quantitative estimate of drug-likeness (QED) is 0.282. The zero-order valence-electron chi connectivity index (χ0n) is 18.6. The van der Waals surface area contributed by atoms with E-state index in [0.717, 1.165) is 0 Å². The minimum Gasteiger partial charge on any atom is -0.512 e. The molecule has 2 rings (SSSR count). The summed E-state index contributed by atoms with van der Waals surface area (Å²) in [5, 5.41) is 30.1. The van der Waals surface area contributed by atoms with E-state index in [0.29, 0.717) is 24.3 Å². The van der Waals surface area contributed by atoms with Crippen molar-refractivity contribution >= 4 is 11.6 Å². The molecule has 0 heterocycles. The Hall–Kier alpha value is -2.34. The minimum absolute atomic E-state index is 0. The maximum Gasteiger partial charge on any atom is 0.350 e. The fourth-order valence-corrected chi connectivity index (χ4v) is 1.78. The smallest absolute Gasteiger partial charge is 0.350 e. The average Bonchev–Trinajstić information content (AvgIpc) is 2.70. The Morgan fingerprint density at radius 2 is 0.935 bits per heavy atom. The fraction of sp³-hybridized carbons (Fsp3) is 0.250. The molecule has 2 aromatic rings. The van der Waals surface area contributed by atoms with Crippen molar-refractivity contribution in [1.82, 2.24) is 0 Å². The van der Waals surface area contributed by atoms with Gasteiger partial charge in [-0.25, -0.2) is 0 Å². The maximum atomic E-state index is 9.37. The minimum atomic E-state index is 0. The van der Waals surface area contributed by atoms with Gasteiger partial charge in [0.25, 0.3) is 0 Å². The molecule has 0 spiro atoms. The van der Waals surface area contributed by atoms with Crippen LogP contribution in [0.2, 0.25) is 0 Å². The van der Waals surface area contributed by atoms with E-state index in [2.05, 4.69) is 0 Å². The first-order valence-electron chi connectivity index (χ1n) is 9.49. The molecule has 0 aliphatic carbocycles. The van der Waals surface area contributed by atoms with Gasteiger partial charge in [0.15, 0.2) is 0 Å². The van der Waals surface area contributed by atoms with Crippen LogP contribution < -0.4 is 0 Å². The number of carbonyl (C=O) groups excluding carboxylic acids is 2. The third-order valence-electron chi connectivity index (χ3n) is 2.83. The number of hydrogen-bond acceptors (Lipinski definition) is 2. The summed E-state index contributed by atoms with van der Waals surface area (Å²) in [6, 6.07) is 18.1. The monoisotopic (exact) mass is 510 g/mol. The van der Waals surface area contributed by atoms with E-state index in [1.165, 1.54) is 26.0 Å². The molecular formula is C24H36O6Zr+4. The van der Waals surface area contributed by atoms with Crippen LogP contribution in [0.5, 0.6) is 0 Å². The number of ketones is 2. The first-order valence-corrected chi connectivity index (χ1v) is 9.49. The van der Waals surface area contributed by atoms with Crippen LogP contribution in [0.3, 0.4) is 0 Å². The molecule has 7 heteroatoms. The van der Waals surface area contributed by atoms with Crippen molar-refractivity contribution in [3.05, 3.63) is 95.5 Å². The van der Waals surface area contributed by atoms with E-state index in [4.69, 9.17) is 20.4 Å². The Balaban J connectivity index is -0.000000394. The maximum absolute atomic E-state index is 9.37. The summed E-state index contributed by atoms with van der Waals surface area (Å²) in [5.74, 6) is 0.346. The van der Waals surface area contributed by atoms with Gasteiger partial charge in [-0.15, -0.1) is 0 Å². The Morgan fingerprint density at radius 1 is 0.710 bits per heavy atom. The van der Waals surface area contributed by atoms with Gasteiger partial charge in [0.1, 0.15) is 13.2 Å². The first-order chi connectivity index (χ1) is 14.2. The van der Waals surface area contributed by atoms with Crippen molar-refractivity contribution in [2.24, 2.45) is 0 Å². The molecule has 0 bridgehead atoms. The molecule has 0 amide bonds. The van der Waals surface area contributed by atoms with Crippen LogP contribution in [0.1, 0.15) is 38.8 Å². The van der Waals surface area contributed by atoms with Crippen LogP contribution in [0.15, 0.2) is 84.3 Å². The van der Waals surface area contributed by atoms with Gasteiger partial charge in [0.2, 0.25) is 0 Å². The summed E-state index contributed by atoms with van der Waals surface area (Å²) in [6.45, 7) is 7.61. The molecule has 0 fully saturated rings. The Kier molecular flexibility index (Phi) is 24.0. The summed E-state index contributed by atoms with van der Waals surface area (Å²) >= 11 is 0. The number of aliphatic hydroxyl groups excluding tert-OH is 2. The second kappa shape index (κ2) is 22.4. The first kappa shape index (κ1) is 33.3. The number of rotatable bonds is 4. The van der Waals surface area contributed by atoms with Gasteiger partial charge in [0.05, 0.1) is 34.8 Å². The van der Waals surface area contributed by atoms with Gasteiger partial charge in [-0.2, -0.15) is 0 Å². The van der Waals surface area contributed by atoms with Crippen molar-refractivity contribution in [2.45, 2.75) is 27.7 Å². The number of aliphatic hydroxyl groups is 2. The van der Waals surface area contributed by atoms with Gasteiger partial charge in [0, 0.05) is 40.1 Å². The van der Waals surface area contributed by atoms with E-state index >= 15 is 0 Å². The third-order valence-corrected chi connectivity index (χ3v) is 2.83. The molecule has 0 unspecified atom stereocenters. The van der Waals surface area contributed by atoms with Crippen molar-refractivity contribution in [1.29, 1.82) is 0 Å². The average molecular weight is 512 g/mol. The molecule has 8 N–H and O–H groups in total. The molecule has 0 saturated carbocycles. The summed E-state index contributed by atoms with van der Waals surface area (Å²) in [6.07, 6.45) is 2.63. The molecule has 168 valence electrons. The Bertz CT molecular complexity index is 696. The fourth-order valence-electron chi connectivity index (χ4n) is 1.78. The normalized spacial score (nSPS) is 9.87. The van der Waals surface area contributed by atoms with Gasteiger partial charge in [-0.05, 0) is 38.1 Å². The Labute approximate surface area is 203 Å². The van der Waals surface area contributed by atoms with Crippen molar-refractivity contribution < 1.29 is 56.2 Å². The molecule has 0 aliphatic heterocycles. The van der Waals surface area contributed by atoms with E-state index in [1.807, 2.05) is 36.4 Å². The van der Waals surface area contributed by atoms with E-state index in [9.17, 15) is 9.59 Å². The molecule has 6 nitrogen and oxygen atoms in total. The van der Waals surface area contributed by atoms with Crippen molar-refractivity contribution in [3.63, 3.8) is 0 Å². The van der Waals surface area contributed by atoms with Gasteiger partial charge in [-0.3, -0.25) is 9.59 Å². The Morgan fingerprint density at radius 3 is 1.13 bits per heavy atom. The SMILES string of the molecule is C/C(O)=C/C(=[OH+])c1ccccc1.C/C(O)=C/C(=[OH+])c1ccccc1.CC[OH2+].CC[OH2+].[Zr]. The summed E-state index contributed by atoms with van der Waals surface area (Å²) in [4.78, 5) is 18.7. The van der Waals surface area contributed by atoms with Crippen LogP contribution in [0.25, 0.3) is 0 Å². The summed E-state index contributed by atoms with van der Waals surface area (Å²) in [7, 11) is 0. The van der Waals surface area contributed by atoms with Gasteiger partial charge < -0.3 is 20.4 Å². The summed E-state index contributed by atoms with van der Waals surface area (Å²) < 4.78 is 0. The second-order valence-corrected chi connectivity index (χ2v) is 5.78. The van der Waals surface area contributed by atoms with E-state index in [1.54, 1.807) is 38.1 Å². The van der Waals surface area contributed by atoms with Crippen LogP contribution in [-0.2, 0) is 26.2 Å². The van der Waals surface area contributed by atoms with E-state index < -0.39 is 0 Å². The van der Waals surface area contributed by atoms with Crippen LogP contribution in [0.4, 0.5) is 0 Å². The largest absolute Gasteiger partial charge is 0.512 e. The topological polar surface area (TPSA) is 129 Å². The van der Waals surface area contributed by atoms with E-state index in [-0.39, 0.29) is 49.3 Å². The standard InChI is InChI=1S/2C10H10O2.2C2H6O.Zr/c2*1-8(11)7-10(12)9-5-3-2-4-6-9;2*1-2-3;/h2*2-7,11H,1H3;2*3H,2H2,1H3;/p+4/b2*8-7-;;;. The predicted molar refractivity (Wildman–Crippen MR) is 126 cm³/mol. The van der Waals surface area contributed by atoms with Crippen LogP contribution in [0, 0.1) is 0 Å². The number of benzene rings is 2. The molecule has 0 saturated heterocycles. The molecule has 0 atom stereocenters. The van der Waals surface area contributed by atoms with Gasteiger partial charge >= 0.3 is 11.6 Å². The van der Waals surface area contributed by atoms with Gasteiger partial charge in [-0.1, -0.05) is 36.4 Å². The molecule has 2 aromatic carbocycles. The van der Waals surface area contributed by atoms with Crippen molar-refractivity contribution in [3.8, 4) is 0 Å². The zero-order chi connectivity index (χ0) is 23.4. The summed E-state index contributed by atoms with van der Waals surface area (Å²) in [5.41, 5.74) is 1.40. The van der Waals surface area contributed by atoms with Crippen molar-refractivity contribution in [2.75, 3.05) is 13.2 Å². The number of allylic oxidation sites excluding steroid dienone is 4. The molecule has 0 aromatic heterocycles. The number of hydrogen-bond donors (Lipinski definition) is 2. The molecule has 0 aliphatic rings. The zero-order valence-corrected chi connectivity index (χ0v) is 21.1. The molecule has 0 radical (unpaired) electrons. The van der Waals surface area contributed by atoms with Crippen LogP contribution in [-0.4, -0.2) is 54.8 Å². The third kappa shape index (κ3) is 20.7. The molecular weight excluding hydrogens is 475 g/mol.